The zero-order valence-electron chi connectivity index (χ0n) is 8.59. The molecule has 0 unspecified atom stereocenters. The highest BCUT2D eigenvalue weighted by Crippen LogP contribution is 2.10. The molecule has 0 atom stereocenters. The van der Waals surface area contributed by atoms with Gasteiger partial charge >= 0.3 is 5.97 Å². The van der Waals surface area contributed by atoms with E-state index in [1.807, 2.05) is 0 Å². The van der Waals surface area contributed by atoms with Gasteiger partial charge in [0, 0.05) is 8.07 Å². The number of hydrogen-bond donors (Lipinski definition) is 0. The van der Waals surface area contributed by atoms with E-state index in [4.69, 9.17) is 10.00 Å². The highest BCUT2D eigenvalue weighted by Gasteiger charge is 2.12. The predicted octanol–water partition coefficient (Wildman–Crippen LogP) is 2.17. The Bertz CT molecular complexity index is 203. The molecule has 0 saturated carbocycles. The van der Waals surface area contributed by atoms with Crippen LogP contribution in [0.5, 0.6) is 0 Å². The van der Waals surface area contributed by atoms with E-state index in [2.05, 4.69) is 19.6 Å². The van der Waals surface area contributed by atoms with Gasteiger partial charge in [0.25, 0.3) is 0 Å². The molecule has 0 heterocycles. The Hall–Kier alpha value is -0.823. The molecule has 0 fully saturated rings. The lowest BCUT2D eigenvalue weighted by Gasteiger charge is -2.14. The normalized spacial score (nSPS) is 10.6. The summed E-state index contributed by atoms with van der Waals surface area (Å²) in [6.07, 6.45) is 0.792. The Morgan fingerprint density at radius 2 is 2.08 bits per heavy atom. The second-order valence-corrected chi connectivity index (χ2v) is 9.84. The molecule has 4 heteroatoms. The third-order valence-electron chi connectivity index (χ3n) is 1.56. The third kappa shape index (κ3) is 9.09. The van der Waals surface area contributed by atoms with Crippen LogP contribution in [0.2, 0.25) is 25.7 Å². The molecule has 0 aliphatic heterocycles. The SMILES string of the molecule is C[Si](C)(C)CCCOC(=O)CC#N. The maximum absolute atomic E-state index is 10.7. The van der Waals surface area contributed by atoms with Gasteiger partial charge in [-0.15, -0.1) is 0 Å². The lowest BCUT2D eigenvalue weighted by molar-refractivity contribution is -0.142. The largest absolute Gasteiger partial charge is 0.465 e. The summed E-state index contributed by atoms with van der Waals surface area (Å²) in [6, 6.07) is 2.92. The molecule has 0 aromatic carbocycles. The van der Waals surface area contributed by atoms with Gasteiger partial charge < -0.3 is 4.74 Å². The molecule has 0 aliphatic carbocycles. The highest BCUT2D eigenvalue weighted by molar-refractivity contribution is 6.76. The first-order chi connectivity index (χ1) is 5.95. The van der Waals surface area contributed by atoms with E-state index in [-0.39, 0.29) is 6.42 Å². The van der Waals surface area contributed by atoms with Crippen LogP contribution in [-0.4, -0.2) is 20.7 Å². The molecule has 74 valence electrons. The summed E-state index contributed by atoms with van der Waals surface area (Å²) in [5, 5.41) is 8.18. The molecule has 0 amide bonds. The number of carbonyl (C=O) groups is 1. The summed E-state index contributed by atoms with van der Waals surface area (Å²) in [4.78, 5) is 10.7. The molecule has 3 nitrogen and oxygen atoms in total. The van der Waals surface area contributed by atoms with Crippen molar-refractivity contribution in [3.05, 3.63) is 0 Å². The number of hydrogen-bond acceptors (Lipinski definition) is 3. The lowest BCUT2D eigenvalue weighted by Crippen LogP contribution is -2.20. The molecular formula is C9H17NO2Si. The minimum absolute atomic E-state index is 0.132. The van der Waals surface area contributed by atoms with Crippen molar-refractivity contribution in [3.8, 4) is 6.07 Å². The maximum Gasteiger partial charge on any atom is 0.320 e. The van der Waals surface area contributed by atoms with Gasteiger partial charge in [0.1, 0.15) is 6.42 Å². The number of nitriles is 1. The Balaban J connectivity index is 3.37. The molecule has 0 bridgehead atoms. The number of esters is 1. The van der Waals surface area contributed by atoms with Gasteiger partial charge in [0.05, 0.1) is 12.7 Å². The Kier molecular flexibility index (Phi) is 5.39. The standard InChI is InChI=1S/C9H17NO2Si/c1-13(2,3)8-4-7-12-9(11)5-6-10/h4-5,7-8H2,1-3H3. The molecular weight excluding hydrogens is 182 g/mol. The fourth-order valence-electron chi connectivity index (χ4n) is 0.904. The zero-order chi connectivity index (χ0) is 10.3. The van der Waals surface area contributed by atoms with Crippen LogP contribution in [0.15, 0.2) is 0 Å². The first-order valence-corrected chi connectivity index (χ1v) is 8.19. The number of rotatable bonds is 5. The quantitative estimate of drug-likeness (QED) is 0.387. The molecule has 13 heavy (non-hydrogen) atoms. The predicted molar refractivity (Wildman–Crippen MR) is 54.0 cm³/mol. The Morgan fingerprint density at radius 1 is 1.46 bits per heavy atom. The van der Waals surface area contributed by atoms with E-state index in [1.165, 1.54) is 0 Å². The van der Waals surface area contributed by atoms with Gasteiger partial charge in [-0.2, -0.15) is 5.26 Å². The van der Waals surface area contributed by atoms with Crippen LogP contribution in [0.25, 0.3) is 0 Å². The van der Waals surface area contributed by atoms with Crippen molar-refractivity contribution < 1.29 is 9.53 Å². The van der Waals surface area contributed by atoms with Crippen molar-refractivity contribution in [2.24, 2.45) is 0 Å². The summed E-state index contributed by atoms with van der Waals surface area (Å²) in [5.74, 6) is -0.405. The van der Waals surface area contributed by atoms with E-state index < -0.39 is 14.0 Å². The van der Waals surface area contributed by atoms with Crippen LogP contribution in [0, 0.1) is 11.3 Å². The van der Waals surface area contributed by atoms with Crippen molar-refractivity contribution in [1.82, 2.24) is 0 Å². The Labute approximate surface area is 80.7 Å². The van der Waals surface area contributed by atoms with Gasteiger partial charge in [0.15, 0.2) is 0 Å². The number of carbonyl (C=O) groups excluding carboxylic acids is 1. The molecule has 0 rings (SSSR count). The van der Waals surface area contributed by atoms with E-state index in [0.29, 0.717) is 6.61 Å². The molecule has 0 aromatic rings. The van der Waals surface area contributed by atoms with Crippen LogP contribution in [0.4, 0.5) is 0 Å². The molecule has 0 N–H and O–H groups in total. The average Bonchev–Trinajstić information content (AvgIpc) is 1.97. The second-order valence-electron chi connectivity index (χ2n) is 4.22. The van der Waals surface area contributed by atoms with Gasteiger partial charge in [-0.3, -0.25) is 4.79 Å². The topological polar surface area (TPSA) is 50.1 Å². The summed E-state index contributed by atoms with van der Waals surface area (Å²) in [5.41, 5.74) is 0. The van der Waals surface area contributed by atoms with Crippen molar-refractivity contribution in [1.29, 1.82) is 5.26 Å². The summed E-state index contributed by atoms with van der Waals surface area (Å²) < 4.78 is 4.84. The van der Waals surface area contributed by atoms with E-state index in [0.717, 1.165) is 12.5 Å². The van der Waals surface area contributed by atoms with Crippen LogP contribution in [0.3, 0.4) is 0 Å². The van der Waals surface area contributed by atoms with E-state index in [1.54, 1.807) is 6.07 Å². The molecule has 0 saturated heterocycles. The third-order valence-corrected chi connectivity index (χ3v) is 3.41. The molecule has 0 spiro atoms. The van der Waals surface area contributed by atoms with E-state index in [9.17, 15) is 4.79 Å². The minimum Gasteiger partial charge on any atom is -0.465 e. The van der Waals surface area contributed by atoms with Gasteiger partial charge in [-0.05, 0) is 6.42 Å². The van der Waals surface area contributed by atoms with E-state index >= 15 is 0 Å². The number of ether oxygens (including phenoxy) is 1. The molecule has 0 aromatic heterocycles. The van der Waals surface area contributed by atoms with Crippen LogP contribution in [-0.2, 0) is 9.53 Å². The first kappa shape index (κ1) is 12.2. The Morgan fingerprint density at radius 3 is 2.54 bits per heavy atom. The fraction of sp³-hybridized carbons (Fsp3) is 0.778. The summed E-state index contributed by atoms with van der Waals surface area (Å²) in [7, 11) is -1.00. The zero-order valence-corrected chi connectivity index (χ0v) is 9.59. The van der Waals surface area contributed by atoms with Crippen molar-refractivity contribution >= 4 is 14.0 Å². The average molecular weight is 199 g/mol. The monoisotopic (exact) mass is 199 g/mol. The number of nitrogens with zero attached hydrogens (tertiary/aromatic N) is 1. The van der Waals surface area contributed by atoms with Gasteiger partial charge in [-0.1, -0.05) is 25.7 Å². The van der Waals surface area contributed by atoms with Crippen molar-refractivity contribution in [2.45, 2.75) is 38.5 Å². The van der Waals surface area contributed by atoms with Crippen LogP contribution >= 0.6 is 0 Å². The van der Waals surface area contributed by atoms with Crippen LogP contribution < -0.4 is 0 Å². The van der Waals surface area contributed by atoms with Gasteiger partial charge in [-0.25, -0.2) is 0 Å². The van der Waals surface area contributed by atoms with Crippen molar-refractivity contribution in [3.63, 3.8) is 0 Å². The fourth-order valence-corrected chi connectivity index (χ4v) is 2.11. The highest BCUT2D eigenvalue weighted by atomic mass is 28.3. The smallest absolute Gasteiger partial charge is 0.320 e. The second kappa shape index (κ2) is 5.76. The molecule has 0 radical (unpaired) electrons. The lowest BCUT2D eigenvalue weighted by atomic mass is 10.5. The van der Waals surface area contributed by atoms with Crippen LogP contribution in [0.1, 0.15) is 12.8 Å². The maximum atomic E-state index is 10.7. The van der Waals surface area contributed by atoms with Gasteiger partial charge in [0.2, 0.25) is 0 Å². The molecule has 0 aliphatic rings. The first-order valence-electron chi connectivity index (χ1n) is 4.48. The van der Waals surface area contributed by atoms with Crippen molar-refractivity contribution in [2.75, 3.05) is 6.61 Å². The minimum atomic E-state index is -1.00. The summed E-state index contributed by atoms with van der Waals surface area (Å²) in [6.45, 7) is 7.31. The summed E-state index contributed by atoms with van der Waals surface area (Å²) >= 11 is 0.